The smallest absolute Gasteiger partial charge is 0.228 e. The SMILES string of the molecule is CCCCCCCCCCCCOc1ccc(NC(=O)Cc2ccccc2F)cc1. The van der Waals surface area contributed by atoms with E-state index in [0.29, 0.717) is 11.3 Å². The van der Waals surface area contributed by atoms with Gasteiger partial charge in [0.1, 0.15) is 11.6 Å². The van der Waals surface area contributed by atoms with Gasteiger partial charge in [-0.25, -0.2) is 4.39 Å². The Bertz CT molecular complexity index is 730. The van der Waals surface area contributed by atoms with Crippen molar-refractivity contribution < 1.29 is 13.9 Å². The van der Waals surface area contributed by atoms with Crippen LogP contribution < -0.4 is 10.1 Å². The molecule has 0 bridgehead atoms. The third-order valence-electron chi connectivity index (χ3n) is 5.21. The van der Waals surface area contributed by atoms with Crippen molar-refractivity contribution in [3.05, 3.63) is 59.9 Å². The van der Waals surface area contributed by atoms with Gasteiger partial charge in [0.2, 0.25) is 5.91 Å². The summed E-state index contributed by atoms with van der Waals surface area (Å²) in [7, 11) is 0. The topological polar surface area (TPSA) is 38.3 Å². The second kappa shape index (κ2) is 14.6. The zero-order valence-corrected chi connectivity index (χ0v) is 18.3. The number of carbonyl (C=O) groups is 1. The lowest BCUT2D eigenvalue weighted by molar-refractivity contribution is -0.115. The minimum atomic E-state index is -0.358. The molecule has 0 radical (unpaired) electrons. The molecule has 3 nitrogen and oxygen atoms in total. The molecule has 4 heteroatoms. The summed E-state index contributed by atoms with van der Waals surface area (Å²) >= 11 is 0. The molecule has 1 amide bonds. The lowest BCUT2D eigenvalue weighted by Crippen LogP contribution is -2.15. The largest absolute Gasteiger partial charge is 0.494 e. The van der Waals surface area contributed by atoms with Crippen molar-refractivity contribution in [2.24, 2.45) is 0 Å². The Morgan fingerprint density at radius 3 is 2.07 bits per heavy atom. The summed E-state index contributed by atoms with van der Waals surface area (Å²) in [6.07, 6.45) is 13.1. The van der Waals surface area contributed by atoms with Crippen molar-refractivity contribution >= 4 is 11.6 Å². The predicted octanol–water partition coefficient (Wildman–Crippen LogP) is 7.31. The number of anilines is 1. The van der Waals surface area contributed by atoms with Gasteiger partial charge in [-0.15, -0.1) is 0 Å². The third kappa shape index (κ3) is 9.91. The van der Waals surface area contributed by atoms with Crippen molar-refractivity contribution in [1.82, 2.24) is 0 Å². The van der Waals surface area contributed by atoms with E-state index in [0.717, 1.165) is 18.8 Å². The molecule has 164 valence electrons. The number of ether oxygens (including phenoxy) is 1. The van der Waals surface area contributed by atoms with Crippen LogP contribution in [0.5, 0.6) is 5.75 Å². The zero-order valence-electron chi connectivity index (χ0n) is 18.3. The Hall–Kier alpha value is -2.36. The summed E-state index contributed by atoms with van der Waals surface area (Å²) in [4.78, 5) is 12.1. The molecule has 0 unspecified atom stereocenters. The Balaban J connectivity index is 1.55. The second-order valence-electron chi connectivity index (χ2n) is 7.87. The molecule has 2 rings (SSSR count). The van der Waals surface area contributed by atoms with Crippen LogP contribution in [0.1, 0.15) is 76.7 Å². The maximum Gasteiger partial charge on any atom is 0.228 e. The van der Waals surface area contributed by atoms with Gasteiger partial charge in [-0.3, -0.25) is 4.79 Å². The normalized spacial score (nSPS) is 10.7. The molecule has 0 aromatic heterocycles. The average Bonchev–Trinajstić information content (AvgIpc) is 2.75. The van der Waals surface area contributed by atoms with E-state index in [9.17, 15) is 9.18 Å². The van der Waals surface area contributed by atoms with Crippen LogP contribution in [-0.4, -0.2) is 12.5 Å². The number of halogens is 1. The maximum absolute atomic E-state index is 13.6. The fourth-order valence-electron chi connectivity index (χ4n) is 3.43. The van der Waals surface area contributed by atoms with Gasteiger partial charge in [-0.1, -0.05) is 82.9 Å². The first-order valence-electron chi connectivity index (χ1n) is 11.4. The minimum Gasteiger partial charge on any atom is -0.494 e. The highest BCUT2D eigenvalue weighted by Crippen LogP contribution is 2.17. The summed E-state index contributed by atoms with van der Waals surface area (Å²) in [6, 6.07) is 13.7. The van der Waals surface area contributed by atoms with Crippen LogP contribution in [0.3, 0.4) is 0 Å². The fourth-order valence-corrected chi connectivity index (χ4v) is 3.43. The summed E-state index contributed by atoms with van der Waals surface area (Å²) < 4.78 is 19.4. The van der Waals surface area contributed by atoms with Gasteiger partial charge in [-0.05, 0) is 42.3 Å². The van der Waals surface area contributed by atoms with E-state index in [2.05, 4.69) is 12.2 Å². The second-order valence-corrected chi connectivity index (χ2v) is 7.87. The molecule has 0 atom stereocenters. The van der Waals surface area contributed by atoms with Gasteiger partial charge in [0.25, 0.3) is 0 Å². The van der Waals surface area contributed by atoms with Gasteiger partial charge in [0.15, 0.2) is 0 Å². The standard InChI is InChI=1S/C26H36FNO2/c1-2-3-4-5-6-7-8-9-10-13-20-30-24-18-16-23(17-19-24)28-26(29)21-22-14-11-12-15-25(22)27/h11-12,14-19H,2-10,13,20-21H2,1H3,(H,28,29). The van der Waals surface area contributed by atoms with E-state index in [1.807, 2.05) is 24.3 Å². The first kappa shape index (κ1) is 23.9. The van der Waals surface area contributed by atoms with Crippen LogP contribution in [0, 0.1) is 5.82 Å². The highest BCUT2D eigenvalue weighted by molar-refractivity contribution is 5.92. The lowest BCUT2D eigenvalue weighted by Gasteiger charge is -2.09. The fraction of sp³-hybridized carbons (Fsp3) is 0.500. The lowest BCUT2D eigenvalue weighted by atomic mass is 10.1. The molecule has 0 fully saturated rings. The number of hydrogen-bond donors (Lipinski definition) is 1. The van der Waals surface area contributed by atoms with E-state index >= 15 is 0 Å². The monoisotopic (exact) mass is 413 g/mol. The Labute approximate surface area is 181 Å². The van der Waals surface area contributed by atoms with Gasteiger partial charge < -0.3 is 10.1 Å². The number of benzene rings is 2. The Morgan fingerprint density at radius 1 is 0.833 bits per heavy atom. The van der Waals surface area contributed by atoms with E-state index in [1.165, 1.54) is 63.9 Å². The molecule has 0 saturated heterocycles. The van der Waals surface area contributed by atoms with Crippen LogP contribution in [0.4, 0.5) is 10.1 Å². The molecular formula is C26H36FNO2. The number of hydrogen-bond acceptors (Lipinski definition) is 2. The molecule has 2 aromatic rings. The molecule has 0 saturated carbocycles. The zero-order chi connectivity index (χ0) is 21.4. The average molecular weight is 414 g/mol. The maximum atomic E-state index is 13.6. The molecular weight excluding hydrogens is 377 g/mol. The minimum absolute atomic E-state index is 0.0175. The Morgan fingerprint density at radius 2 is 1.43 bits per heavy atom. The van der Waals surface area contributed by atoms with E-state index in [-0.39, 0.29) is 18.1 Å². The predicted molar refractivity (Wildman–Crippen MR) is 123 cm³/mol. The van der Waals surface area contributed by atoms with Crippen LogP contribution >= 0.6 is 0 Å². The van der Waals surface area contributed by atoms with Crippen molar-refractivity contribution in [2.45, 2.75) is 77.6 Å². The molecule has 2 aromatic carbocycles. The van der Waals surface area contributed by atoms with E-state index in [1.54, 1.807) is 18.2 Å². The van der Waals surface area contributed by atoms with Crippen LogP contribution in [0.25, 0.3) is 0 Å². The van der Waals surface area contributed by atoms with E-state index in [4.69, 9.17) is 4.74 Å². The van der Waals surface area contributed by atoms with Crippen molar-refractivity contribution in [2.75, 3.05) is 11.9 Å². The molecule has 0 spiro atoms. The summed E-state index contributed by atoms with van der Waals surface area (Å²) in [6.45, 7) is 2.97. The third-order valence-corrected chi connectivity index (χ3v) is 5.21. The molecule has 0 aliphatic heterocycles. The molecule has 30 heavy (non-hydrogen) atoms. The number of rotatable bonds is 15. The summed E-state index contributed by atoms with van der Waals surface area (Å²) in [5.41, 5.74) is 1.08. The number of unbranched alkanes of at least 4 members (excludes halogenated alkanes) is 9. The highest BCUT2D eigenvalue weighted by Gasteiger charge is 2.08. The van der Waals surface area contributed by atoms with Crippen LogP contribution in [-0.2, 0) is 11.2 Å². The van der Waals surface area contributed by atoms with Crippen molar-refractivity contribution in [1.29, 1.82) is 0 Å². The molecule has 0 aliphatic carbocycles. The number of nitrogens with one attached hydrogen (secondary N) is 1. The summed E-state index contributed by atoms with van der Waals surface area (Å²) in [5, 5.41) is 2.80. The highest BCUT2D eigenvalue weighted by atomic mass is 19.1. The van der Waals surface area contributed by atoms with Gasteiger partial charge >= 0.3 is 0 Å². The molecule has 0 aliphatic rings. The molecule has 1 N–H and O–H groups in total. The first-order valence-corrected chi connectivity index (χ1v) is 11.4. The number of carbonyl (C=O) groups excluding carboxylic acids is 1. The van der Waals surface area contributed by atoms with Crippen molar-refractivity contribution in [3.8, 4) is 5.75 Å². The van der Waals surface area contributed by atoms with Crippen LogP contribution in [0.2, 0.25) is 0 Å². The Kier molecular flexibility index (Phi) is 11.6. The first-order chi connectivity index (χ1) is 14.7. The van der Waals surface area contributed by atoms with Gasteiger partial charge in [-0.2, -0.15) is 0 Å². The van der Waals surface area contributed by atoms with Crippen LogP contribution in [0.15, 0.2) is 48.5 Å². The number of amides is 1. The van der Waals surface area contributed by atoms with Gasteiger partial charge in [0.05, 0.1) is 13.0 Å². The van der Waals surface area contributed by atoms with E-state index < -0.39 is 0 Å². The summed E-state index contributed by atoms with van der Waals surface area (Å²) in [5.74, 6) is 0.209. The quantitative estimate of drug-likeness (QED) is 0.311. The van der Waals surface area contributed by atoms with Crippen molar-refractivity contribution in [3.63, 3.8) is 0 Å². The molecule has 0 heterocycles. The van der Waals surface area contributed by atoms with Gasteiger partial charge in [0, 0.05) is 5.69 Å².